The number of aryl methyl sites for hydroxylation is 1. The van der Waals surface area contributed by atoms with E-state index in [0.29, 0.717) is 5.92 Å². The van der Waals surface area contributed by atoms with Gasteiger partial charge in [-0.05, 0) is 36.5 Å². The van der Waals surface area contributed by atoms with Gasteiger partial charge in [-0.2, -0.15) is 5.10 Å². The number of benzene rings is 1. The molecule has 0 N–H and O–H groups in total. The second-order valence-electron chi connectivity index (χ2n) is 5.21. The van der Waals surface area contributed by atoms with Crippen molar-refractivity contribution in [1.82, 2.24) is 9.78 Å². The molecule has 0 spiro atoms. The van der Waals surface area contributed by atoms with Gasteiger partial charge in [0.05, 0.1) is 11.2 Å². The maximum absolute atomic E-state index is 4.67. The summed E-state index contributed by atoms with van der Waals surface area (Å²) in [6.45, 7) is 4.49. The van der Waals surface area contributed by atoms with Gasteiger partial charge < -0.3 is 0 Å². The van der Waals surface area contributed by atoms with E-state index in [1.54, 1.807) is 0 Å². The van der Waals surface area contributed by atoms with Gasteiger partial charge in [0.25, 0.3) is 0 Å². The molecule has 1 heterocycles. The van der Waals surface area contributed by atoms with Gasteiger partial charge in [0, 0.05) is 18.4 Å². The van der Waals surface area contributed by atoms with E-state index in [9.17, 15) is 0 Å². The number of hydrogen-bond donors (Lipinski definition) is 0. The summed E-state index contributed by atoms with van der Waals surface area (Å²) in [6, 6.07) is 6.77. The molecule has 0 bridgehead atoms. The van der Waals surface area contributed by atoms with Crippen molar-refractivity contribution in [2.45, 2.75) is 38.5 Å². The van der Waals surface area contributed by atoms with Crippen LogP contribution in [-0.2, 0) is 7.05 Å². The fourth-order valence-electron chi connectivity index (χ4n) is 2.33. The van der Waals surface area contributed by atoms with Gasteiger partial charge in [0.15, 0.2) is 0 Å². The van der Waals surface area contributed by atoms with Crippen LogP contribution in [-0.4, -0.2) is 9.78 Å². The average Bonchev–Trinajstić information content (AvgIpc) is 3.04. The molecule has 84 valence electrons. The minimum Gasteiger partial charge on any atom is -0.268 e. The molecule has 16 heavy (non-hydrogen) atoms. The summed E-state index contributed by atoms with van der Waals surface area (Å²) < 4.78 is 2.02. The minimum atomic E-state index is 0.594. The highest BCUT2D eigenvalue weighted by molar-refractivity contribution is 5.83. The molecule has 2 aromatic rings. The molecular weight excluding hydrogens is 196 g/mol. The summed E-state index contributed by atoms with van der Waals surface area (Å²) in [4.78, 5) is 0. The lowest BCUT2D eigenvalue weighted by Crippen LogP contribution is -1.90. The van der Waals surface area contributed by atoms with Crippen LogP contribution >= 0.6 is 0 Å². The first-order valence-corrected chi connectivity index (χ1v) is 6.13. The number of fused-ring (bicyclic) bond motifs is 1. The normalized spacial score (nSPS) is 16.2. The molecule has 1 aliphatic carbocycles. The van der Waals surface area contributed by atoms with Crippen LogP contribution in [0.2, 0.25) is 0 Å². The SMILES string of the molecule is CC(C)c1ccc2c(c1)c(C1CC1)nn2C. The van der Waals surface area contributed by atoms with Gasteiger partial charge in [-0.3, -0.25) is 4.68 Å². The van der Waals surface area contributed by atoms with Crippen molar-refractivity contribution in [2.75, 3.05) is 0 Å². The first kappa shape index (κ1) is 9.88. The first-order valence-electron chi connectivity index (χ1n) is 6.13. The monoisotopic (exact) mass is 214 g/mol. The third-order valence-electron chi connectivity index (χ3n) is 3.53. The van der Waals surface area contributed by atoms with Crippen LogP contribution in [0.4, 0.5) is 0 Å². The van der Waals surface area contributed by atoms with E-state index in [0.717, 1.165) is 5.92 Å². The molecule has 0 amide bonds. The Morgan fingerprint density at radius 2 is 2.06 bits per heavy atom. The van der Waals surface area contributed by atoms with Crippen molar-refractivity contribution >= 4 is 10.9 Å². The molecular formula is C14H18N2. The topological polar surface area (TPSA) is 17.8 Å². The van der Waals surface area contributed by atoms with Crippen LogP contribution < -0.4 is 0 Å². The van der Waals surface area contributed by atoms with E-state index >= 15 is 0 Å². The third-order valence-corrected chi connectivity index (χ3v) is 3.53. The highest BCUT2D eigenvalue weighted by atomic mass is 15.3. The highest BCUT2D eigenvalue weighted by Crippen LogP contribution is 2.42. The van der Waals surface area contributed by atoms with Crippen LogP contribution in [0.5, 0.6) is 0 Å². The lowest BCUT2D eigenvalue weighted by Gasteiger charge is -2.05. The number of rotatable bonds is 2. The molecule has 1 aliphatic rings. The zero-order chi connectivity index (χ0) is 11.3. The molecule has 0 aliphatic heterocycles. The molecule has 0 radical (unpaired) electrons. The molecule has 1 saturated carbocycles. The van der Waals surface area contributed by atoms with Gasteiger partial charge in [-0.15, -0.1) is 0 Å². The molecule has 2 heteroatoms. The summed E-state index contributed by atoms with van der Waals surface area (Å²) in [7, 11) is 2.04. The van der Waals surface area contributed by atoms with Crippen LogP contribution in [0.15, 0.2) is 18.2 Å². The lowest BCUT2D eigenvalue weighted by molar-refractivity contribution is 0.767. The van der Waals surface area contributed by atoms with Gasteiger partial charge >= 0.3 is 0 Å². The minimum absolute atomic E-state index is 0.594. The molecule has 0 saturated heterocycles. The fraction of sp³-hybridized carbons (Fsp3) is 0.500. The summed E-state index contributed by atoms with van der Waals surface area (Å²) >= 11 is 0. The van der Waals surface area contributed by atoms with Crippen LogP contribution in [0.1, 0.15) is 49.8 Å². The van der Waals surface area contributed by atoms with Crippen molar-refractivity contribution in [1.29, 1.82) is 0 Å². The second-order valence-corrected chi connectivity index (χ2v) is 5.21. The van der Waals surface area contributed by atoms with Crippen LogP contribution in [0, 0.1) is 0 Å². The average molecular weight is 214 g/mol. The van der Waals surface area contributed by atoms with E-state index in [1.807, 2.05) is 11.7 Å². The van der Waals surface area contributed by atoms with Gasteiger partial charge in [0.1, 0.15) is 0 Å². The predicted octanol–water partition coefficient (Wildman–Crippen LogP) is 3.57. The third kappa shape index (κ3) is 1.44. The van der Waals surface area contributed by atoms with Crippen molar-refractivity contribution in [3.8, 4) is 0 Å². The summed E-state index contributed by atoms with van der Waals surface area (Å²) in [5.74, 6) is 1.32. The molecule has 2 nitrogen and oxygen atoms in total. The molecule has 0 atom stereocenters. The summed E-state index contributed by atoms with van der Waals surface area (Å²) in [6.07, 6.45) is 2.63. The van der Waals surface area contributed by atoms with Crippen molar-refractivity contribution in [3.63, 3.8) is 0 Å². The van der Waals surface area contributed by atoms with E-state index in [1.165, 1.54) is 35.0 Å². The second kappa shape index (κ2) is 3.34. The van der Waals surface area contributed by atoms with Gasteiger partial charge in [-0.1, -0.05) is 19.9 Å². The van der Waals surface area contributed by atoms with Crippen molar-refractivity contribution in [2.24, 2.45) is 7.05 Å². The fourth-order valence-corrected chi connectivity index (χ4v) is 2.33. The van der Waals surface area contributed by atoms with E-state index in [4.69, 9.17) is 0 Å². The summed E-state index contributed by atoms with van der Waals surface area (Å²) in [5.41, 5.74) is 4.01. The first-order chi connectivity index (χ1) is 7.66. The maximum Gasteiger partial charge on any atom is 0.0734 e. The van der Waals surface area contributed by atoms with Crippen LogP contribution in [0.3, 0.4) is 0 Å². The molecule has 0 unspecified atom stereocenters. The van der Waals surface area contributed by atoms with E-state index in [-0.39, 0.29) is 0 Å². The Hall–Kier alpha value is -1.31. The Labute approximate surface area is 96.3 Å². The summed E-state index contributed by atoms with van der Waals surface area (Å²) in [5, 5.41) is 6.04. The Balaban J connectivity index is 2.22. The Morgan fingerprint density at radius 1 is 1.31 bits per heavy atom. The van der Waals surface area contributed by atoms with Crippen molar-refractivity contribution in [3.05, 3.63) is 29.5 Å². The number of hydrogen-bond acceptors (Lipinski definition) is 1. The Bertz CT molecular complexity index is 533. The smallest absolute Gasteiger partial charge is 0.0734 e. The Morgan fingerprint density at radius 3 is 2.69 bits per heavy atom. The predicted molar refractivity (Wildman–Crippen MR) is 66.8 cm³/mol. The number of aromatic nitrogens is 2. The largest absolute Gasteiger partial charge is 0.268 e. The molecule has 1 aromatic heterocycles. The standard InChI is InChI=1S/C14H18N2/c1-9(2)11-6-7-13-12(8-11)14(10-4-5-10)15-16(13)3/h6-10H,4-5H2,1-3H3. The zero-order valence-corrected chi connectivity index (χ0v) is 10.2. The van der Waals surface area contributed by atoms with E-state index in [2.05, 4.69) is 37.1 Å². The van der Waals surface area contributed by atoms with Crippen molar-refractivity contribution < 1.29 is 0 Å². The van der Waals surface area contributed by atoms with Gasteiger partial charge in [-0.25, -0.2) is 0 Å². The quantitative estimate of drug-likeness (QED) is 0.747. The van der Waals surface area contributed by atoms with Gasteiger partial charge in [0.2, 0.25) is 0 Å². The zero-order valence-electron chi connectivity index (χ0n) is 10.2. The molecule has 1 aromatic carbocycles. The highest BCUT2D eigenvalue weighted by Gasteiger charge is 2.28. The van der Waals surface area contributed by atoms with Crippen LogP contribution in [0.25, 0.3) is 10.9 Å². The molecule has 3 rings (SSSR count). The Kier molecular flexibility index (Phi) is 2.06. The maximum atomic E-state index is 4.67. The van der Waals surface area contributed by atoms with E-state index < -0.39 is 0 Å². The lowest BCUT2D eigenvalue weighted by atomic mass is 10.0. The number of nitrogens with zero attached hydrogens (tertiary/aromatic N) is 2. The molecule has 1 fully saturated rings.